The summed E-state index contributed by atoms with van der Waals surface area (Å²) >= 11 is 0. The number of benzene rings is 1. The minimum absolute atomic E-state index is 0.131. The van der Waals surface area contributed by atoms with Crippen LogP contribution >= 0.6 is 0 Å². The second-order valence-corrected chi connectivity index (χ2v) is 4.93. The number of hydrogen-bond acceptors (Lipinski definition) is 2. The van der Waals surface area contributed by atoms with Gasteiger partial charge in [0.15, 0.2) is 0 Å². The Morgan fingerprint density at radius 1 is 1.21 bits per heavy atom. The monoisotopic (exact) mass is 262 g/mol. The summed E-state index contributed by atoms with van der Waals surface area (Å²) in [5, 5.41) is 0. The molecule has 0 spiro atoms. The van der Waals surface area contributed by atoms with Gasteiger partial charge >= 0.3 is 0 Å². The van der Waals surface area contributed by atoms with E-state index in [-0.39, 0.29) is 17.7 Å². The molecule has 2 N–H and O–H groups in total. The SMILES string of the molecule is CCC(=O)N(C)Cc1ccc(CC(C)C(N)=O)cc1. The molecule has 1 unspecified atom stereocenters. The third-order valence-corrected chi connectivity index (χ3v) is 3.20. The van der Waals surface area contributed by atoms with Gasteiger partial charge in [0.25, 0.3) is 0 Å². The Bertz CT molecular complexity index is 440. The van der Waals surface area contributed by atoms with Crippen LogP contribution in [0, 0.1) is 5.92 Å². The molecule has 104 valence electrons. The molecular formula is C15H22N2O2. The highest BCUT2D eigenvalue weighted by Crippen LogP contribution is 2.11. The van der Waals surface area contributed by atoms with Crippen LogP contribution in [-0.4, -0.2) is 23.8 Å². The van der Waals surface area contributed by atoms with Crippen LogP contribution in [0.5, 0.6) is 0 Å². The molecule has 0 aliphatic heterocycles. The lowest BCUT2D eigenvalue weighted by Crippen LogP contribution is -2.25. The minimum atomic E-state index is -0.280. The van der Waals surface area contributed by atoms with Crippen molar-refractivity contribution in [3.63, 3.8) is 0 Å². The summed E-state index contributed by atoms with van der Waals surface area (Å²) < 4.78 is 0. The number of nitrogens with two attached hydrogens (primary N) is 1. The first-order valence-corrected chi connectivity index (χ1v) is 6.55. The maximum absolute atomic E-state index is 11.5. The zero-order chi connectivity index (χ0) is 14.4. The molecule has 0 heterocycles. The Hall–Kier alpha value is -1.84. The van der Waals surface area contributed by atoms with Crippen molar-refractivity contribution in [3.05, 3.63) is 35.4 Å². The summed E-state index contributed by atoms with van der Waals surface area (Å²) in [6.07, 6.45) is 1.17. The van der Waals surface area contributed by atoms with Gasteiger partial charge in [0.05, 0.1) is 0 Å². The molecule has 0 bridgehead atoms. The summed E-state index contributed by atoms with van der Waals surface area (Å²) in [4.78, 5) is 24.2. The van der Waals surface area contributed by atoms with Crippen LogP contribution in [0.25, 0.3) is 0 Å². The lowest BCUT2D eigenvalue weighted by molar-refractivity contribution is -0.130. The van der Waals surface area contributed by atoms with E-state index in [0.29, 0.717) is 19.4 Å². The van der Waals surface area contributed by atoms with Gasteiger partial charge in [-0.3, -0.25) is 9.59 Å². The van der Waals surface area contributed by atoms with Crippen LogP contribution in [-0.2, 0) is 22.6 Å². The van der Waals surface area contributed by atoms with Crippen molar-refractivity contribution in [2.24, 2.45) is 11.7 Å². The molecule has 1 rings (SSSR count). The highest BCUT2D eigenvalue weighted by atomic mass is 16.2. The van der Waals surface area contributed by atoms with E-state index < -0.39 is 0 Å². The van der Waals surface area contributed by atoms with Crippen LogP contribution in [0.15, 0.2) is 24.3 Å². The van der Waals surface area contributed by atoms with Gasteiger partial charge < -0.3 is 10.6 Å². The minimum Gasteiger partial charge on any atom is -0.369 e. The zero-order valence-corrected chi connectivity index (χ0v) is 11.8. The van der Waals surface area contributed by atoms with E-state index in [1.807, 2.05) is 38.1 Å². The van der Waals surface area contributed by atoms with E-state index in [4.69, 9.17) is 5.73 Å². The van der Waals surface area contributed by atoms with Gasteiger partial charge in [-0.1, -0.05) is 38.1 Å². The van der Waals surface area contributed by atoms with E-state index in [1.165, 1.54) is 0 Å². The Balaban J connectivity index is 2.61. The maximum atomic E-state index is 11.5. The summed E-state index contributed by atoms with van der Waals surface area (Å²) in [6.45, 7) is 4.29. The normalized spacial score (nSPS) is 11.9. The number of primary amides is 1. The average molecular weight is 262 g/mol. The van der Waals surface area contributed by atoms with Crippen molar-refractivity contribution in [3.8, 4) is 0 Å². The van der Waals surface area contributed by atoms with E-state index in [2.05, 4.69) is 0 Å². The van der Waals surface area contributed by atoms with Crippen molar-refractivity contribution >= 4 is 11.8 Å². The molecule has 1 aromatic carbocycles. The number of nitrogens with zero attached hydrogens (tertiary/aromatic N) is 1. The number of rotatable bonds is 6. The fraction of sp³-hybridized carbons (Fsp3) is 0.467. The van der Waals surface area contributed by atoms with Gasteiger partial charge in [-0.15, -0.1) is 0 Å². The smallest absolute Gasteiger partial charge is 0.222 e. The summed E-state index contributed by atoms with van der Waals surface area (Å²) in [5.41, 5.74) is 7.41. The molecule has 0 radical (unpaired) electrons. The first-order chi connectivity index (χ1) is 8.93. The highest BCUT2D eigenvalue weighted by Gasteiger charge is 2.10. The Morgan fingerprint density at radius 3 is 2.21 bits per heavy atom. The Morgan fingerprint density at radius 2 is 1.74 bits per heavy atom. The molecule has 1 atom stereocenters. The van der Waals surface area contributed by atoms with Crippen molar-refractivity contribution in [1.29, 1.82) is 0 Å². The number of carbonyl (C=O) groups excluding carboxylic acids is 2. The fourth-order valence-electron chi connectivity index (χ4n) is 1.87. The molecule has 4 heteroatoms. The second kappa shape index (κ2) is 6.92. The lowest BCUT2D eigenvalue weighted by atomic mass is 9.99. The molecule has 0 fully saturated rings. The van der Waals surface area contributed by atoms with E-state index in [0.717, 1.165) is 11.1 Å². The van der Waals surface area contributed by atoms with Gasteiger partial charge in [0.2, 0.25) is 11.8 Å². The van der Waals surface area contributed by atoms with Crippen molar-refractivity contribution < 1.29 is 9.59 Å². The summed E-state index contributed by atoms with van der Waals surface area (Å²) in [7, 11) is 1.80. The fourth-order valence-corrected chi connectivity index (χ4v) is 1.87. The van der Waals surface area contributed by atoms with Gasteiger partial charge in [-0.2, -0.15) is 0 Å². The quantitative estimate of drug-likeness (QED) is 0.848. The first kappa shape index (κ1) is 15.2. The molecule has 0 saturated carbocycles. The predicted molar refractivity (Wildman–Crippen MR) is 75.3 cm³/mol. The second-order valence-electron chi connectivity index (χ2n) is 4.93. The van der Waals surface area contributed by atoms with Crippen molar-refractivity contribution in [2.45, 2.75) is 33.2 Å². The van der Waals surface area contributed by atoms with E-state index in [1.54, 1.807) is 11.9 Å². The maximum Gasteiger partial charge on any atom is 0.222 e. The predicted octanol–water partition coefficient (Wildman–Crippen LogP) is 1.72. The van der Waals surface area contributed by atoms with Gasteiger partial charge in [0, 0.05) is 25.9 Å². The summed E-state index contributed by atoms with van der Waals surface area (Å²) in [5.74, 6) is -0.307. The summed E-state index contributed by atoms with van der Waals surface area (Å²) in [6, 6.07) is 7.95. The van der Waals surface area contributed by atoms with Crippen LogP contribution in [0.4, 0.5) is 0 Å². The number of hydrogen-bond donors (Lipinski definition) is 1. The van der Waals surface area contributed by atoms with E-state index >= 15 is 0 Å². The molecule has 0 aliphatic rings. The average Bonchev–Trinajstić information content (AvgIpc) is 2.39. The van der Waals surface area contributed by atoms with Crippen LogP contribution in [0.3, 0.4) is 0 Å². The lowest BCUT2D eigenvalue weighted by Gasteiger charge is -2.16. The third kappa shape index (κ3) is 4.73. The molecule has 1 aromatic rings. The van der Waals surface area contributed by atoms with Gasteiger partial charge in [-0.05, 0) is 17.5 Å². The topological polar surface area (TPSA) is 63.4 Å². The molecular weight excluding hydrogens is 240 g/mol. The molecule has 0 saturated heterocycles. The van der Waals surface area contributed by atoms with Crippen molar-refractivity contribution in [1.82, 2.24) is 4.90 Å². The molecule has 0 aliphatic carbocycles. The number of carbonyl (C=O) groups is 2. The Labute approximate surface area is 114 Å². The van der Waals surface area contributed by atoms with Crippen molar-refractivity contribution in [2.75, 3.05) is 7.05 Å². The standard InChI is InChI=1S/C15H22N2O2/c1-4-14(18)17(3)10-13-7-5-12(6-8-13)9-11(2)15(16)19/h5-8,11H,4,9-10H2,1-3H3,(H2,16,19). The van der Waals surface area contributed by atoms with E-state index in [9.17, 15) is 9.59 Å². The molecule has 2 amide bonds. The van der Waals surface area contributed by atoms with Gasteiger partial charge in [0.1, 0.15) is 0 Å². The highest BCUT2D eigenvalue weighted by molar-refractivity contribution is 5.76. The van der Waals surface area contributed by atoms with Gasteiger partial charge in [-0.25, -0.2) is 0 Å². The molecule has 0 aromatic heterocycles. The molecule has 19 heavy (non-hydrogen) atoms. The van der Waals surface area contributed by atoms with Crippen LogP contribution in [0.2, 0.25) is 0 Å². The number of amides is 2. The Kier molecular flexibility index (Phi) is 5.55. The van der Waals surface area contributed by atoms with Crippen LogP contribution in [0.1, 0.15) is 31.4 Å². The first-order valence-electron chi connectivity index (χ1n) is 6.55. The third-order valence-electron chi connectivity index (χ3n) is 3.20. The molecule has 4 nitrogen and oxygen atoms in total. The largest absolute Gasteiger partial charge is 0.369 e. The zero-order valence-electron chi connectivity index (χ0n) is 11.8. The van der Waals surface area contributed by atoms with Crippen LogP contribution < -0.4 is 5.73 Å².